The average Bonchev–Trinajstić information content (AvgIpc) is 2.91. The Bertz CT molecular complexity index is 773. The van der Waals surface area contributed by atoms with Gasteiger partial charge < -0.3 is 10.6 Å². The standard InChI is InChI=1S/C21H27FN4O/c1-15-14-19(20(27)25-17-9-4-2-3-5-10-17)26-21(24-15)23-13-12-16-8-6-7-11-18(16)22/h6-8,11,14,17H,2-5,9-10,12-13H2,1H3,(H,25,27)(H,23,24,26). The van der Waals surface area contributed by atoms with E-state index in [2.05, 4.69) is 20.6 Å². The zero-order chi connectivity index (χ0) is 19.1. The largest absolute Gasteiger partial charge is 0.354 e. The van der Waals surface area contributed by atoms with Crippen molar-refractivity contribution in [3.05, 3.63) is 53.1 Å². The molecule has 2 N–H and O–H groups in total. The Balaban J connectivity index is 1.59. The van der Waals surface area contributed by atoms with Gasteiger partial charge in [-0.2, -0.15) is 0 Å². The highest BCUT2D eigenvalue weighted by molar-refractivity contribution is 5.92. The van der Waals surface area contributed by atoms with Crippen molar-refractivity contribution in [1.82, 2.24) is 15.3 Å². The van der Waals surface area contributed by atoms with Crippen LogP contribution in [0.2, 0.25) is 0 Å². The lowest BCUT2D eigenvalue weighted by Gasteiger charge is -2.16. The normalized spacial score (nSPS) is 15.2. The molecule has 1 aromatic carbocycles. The predicted octanol–water partition coefficient (Wildman–Crippen LogP) is 4.03. The van der Waals surface area contributed by atoms with Crippen LogP contribution < -0.4 is 10.6 Å². The van der Waals surface area contributed by atoms with E-state index in [0.29, 0.717) is 30.2 Å². The van der Waals surface area contributed by atoms with Gasteiger partial charge in [-0.1, -0.05) is 43.9 Å². The van der Waals surface area contributed by atoms with Crippen molar-refractivity contribution in [1.29, 1.82) is 0 Å². The number of nitrogens with zero attached hydrogens (tertiary/aromatic N) is 2. The molecule has 0 saturated heterocycles. The lowest BCUT2D eigenvalue weighted by atomic mass is 10.1. The molecular formula is C21H27FN4O. The van der Waals surface area contributed by atoms with Crippen LogP contribution in [-0.2, 0) is 6.42 Å². The van der Waals surface area contributed by atoms with Crippen molar-refractivity contribution < 1.29 is 9.18 Å². The molecular weight excluding hydrogens is 343 g/mol. The summed E-state index contributed by atoms with van der Waals surface area (Å²) in [4.78, 5) is 21.3. The molecule has 2 aromatic rings. The quantitative estimate of drug-likeness (QED) is 0.754. The zero-order valence-corrected chi connectivity index (χ0v) is 15.8. The van der Waals surface area contributed by atoms with Crippen molar-refractivity contribution in [2.24, 2.45) is 0 Å². The minimum atomic E-state index is -0.215. The average molecular weight is 370 g/mol. The van der Waals surface area contributed by atoms with Gasteiger partial charge in [-0.25, -0.2) is 14.4 Å². The monoisotopic (exact) mass is 370 g/mol. The van der Waals surface area contributed by atoms with Crippen LogP contribution in [0.15, 0.2) is 30.3 Å². The van der Waals surface area contributed by atoms with Gasteiger partial charge in [-0.15, -0.1) is 0 Å². The zero-order valence-electron chi connectivity index (χ0n) is 15.8. The van der Waals surface area contributed by atoms with Crippen molar-refractivity contribution >= 4 is 11.9 Å². The summed E-state index contributed by atoms with van der Waals surface area (Å²) in [5.74, 6) is 0.0369. The maximum absolute atomic E-state index is 13.7. The molecule has 5 nitrogen and oxygen atoms in total. The van der Waals surface area contributed by atoms with Crippen LogP contribution in [0.5, 0.6) is 0 Å². The molecule has 0 unspecified atom stereocenters. The number of benzene rings is 1. The van der Waals surface area contributed by atoms with Crippen LogP contribution >= 0.6 is 0 Å². The minimum Gasteiger partial charge on any atom is -0.354 e. The van der Waals surface area contributed by atoms with Crippen molar-refractivity contribution in [3.63, 3.8) is 0 Å². The number of carbonyl (C=O) groups excluding carboxylic acids is 1. The smallest absolute Gasteiger partial charge is 0.270 e. The molecule has 0 atom stereocenters. The summed E-state index contributed by atoms with van der Waals surface area (Å²) in [6, 6.07) is 8.64. The third-order valence-corrected chi connectivity index (χ3v) is 4.91. The molecule has 1 saturated carbocycles. The summed E-state index contributed by atoms with van der Waals surface area (Å²) in [5, 5.41) is 6.21. The number of amides is 1. The van der Waals surface area contributed by atoms with Gasteiger partial charge in [0.2, 0.25) is 5.95 Å². The molecule has 1 aliphatic rings. The van der Waals surface area contributed by atoms with Crippen LogP contribution in [0, 0.1) is 12.7 Å². The summed E-state index contributed by atoms with van der Waals surface area (Å²) in [6.07, 6.45) is 7.40. The fourth-order valence-corrected chi connectivity index (χ4v) is 3.46. The van der Waals surface area contributed by atoms with E-state index in [-0.39, 0.29) is 17.8 Å². The number of nitrogens with one attached hydrogen (secondary N) is 2. The molecule has 0 aliphatic heterocycles. The van der Waals surface area contributed by atoms with Crippen LogP contribution in [0.25, 0.3) is 0 Å². The summed E-state index contributed by atoms with van der Waals surface area (Å²) in [7, 11) is 0. The lowest BCUT2D eigenvalue weighted by Crippen LogP contribution is -2.35. The molecule has 1 fully saturated rings. The van der Waals surface area contributed by atoms with E-state index in [0.717, 1.165) is 31.4 Å². The molecule has 1 amide bonds. The maximum atomic E-state index is 13.7. The second-order valence-electron chi connectivity index (χ2n) is 7.15. The van der Waals surface area contributed by atoms with Crippen LogP contribution in [0.1, 0.15) is 60.3 Å². The minimum absolute atomic E-state index is 0.149. The van der Waals surface area contributed by atoms with Crippen LogP contribution in [-0.4, -0.2) is 28.5 Å². The number of carbonyl (C=O) groups is 1. The second-order valence-corrected chi connectivity index (χ2v) is 7.15. The number of hydrogen-bond acceptors (Lipinski definition) is 4. The van der Waals surface area contributed by atoms with E-state index in [1.807, 2.05) is 13.0 Å². The Hall–Kier alpha value is -2.50. The third-order valence-electron chi connectivity index (χ3n) is 4.91. The topological polar surface area (TPSA) is 66.9 Å². The van der Waals surface area contributed by atoms with Gasteiger partial charge in [0.05, 0.1) is 0 Å². The first-order valence-corrected chi connectivity index (χ1v) is 9.75. The molecule has 6 heteroatoms. The molecule has 3 rings (SSSR count). The fraction of sp³-hybridized carbons (Fsp3) is 0.476. The first kappa shape index (κ1) is 19.3. The summed E-state index contributed by atoms with van der Waals surface area (Å²) in [5.41, 5.74) is 1.74. The van der Waals surface area contributed by atoms with Gasteiger partial charge in [0.1, 0.15) is 11.5 Å². The molecule has 1 aliphatic carbocycles. The van der Waals surface area contributed by atoms with E-state index < -0.39 is 0 Å². The van der Waals surface area contributed by atoms with Crippen LogP contribution in [0.3, 0.4) is 0 Å². The Morgan fingerprint density at radius 2 is 1.89 bits per heavy atom. The maximum Gasteiger partial charge on any atom is 0.270 e. The Morgan fingerprint density at radius 3 is 2.63 bits per heavy atom. The van der Waals surface area contributed by atoms with Gasteiger partial charge in [0.25, 0.3) is 5.91 Å². The van der Waals surface area contributed by atoms with E-state index in [4.69, 9.17) is 0 Å². The summed E-state index contributed by atoms with van der Waals surface area (Å²) < 4.78 is 13.7. The number of anilines is 1. The molecule has 0 bridgehead atoms. The summed E-state index contributed by atoms with van der Waals surface area (Å²) >= 11 is 0. The Morgan fingerprint density at radius 1 is 1.15 bits per heavy atom. The third kappa shape index (κ3) is 5.74. The molecule has 0 radical (unpaired) electrons. The van der Waals surface area contributed by atoms with Gasteiger partial charge in [0, 0.05) is 18.3 Å². The first-order chi connectivity index (χ1) is 13.1. The number of aryl methyl sites for hydroxylation is 1. The molecule has 144 valence electrons. The number of aromatic nitrogens is 2. The van der Waals surface area contributed by atoms with Gasteiger partial charge in [-0.3, -0.25) is 4.79 Å². The van der Waals surface area contributed by atoms with Gasteiger partial charge in [0.15, 0.2) is 0 Å². The predicted molar refractivity (Wildman–Crippen MR) is 104 cm³/mol. The van der Waals surface area contributed by atoms with Crippen LogP contribution in [0.4, 0.5) is 10.3 Å². The molecule has 0 spiro atoms. The fourth-order valence-electron chi connectivity index (χ4n) is 3.46. The van der Waals surface area contributed by atoms with Gasteiger partial charge >= 0.3 is 0 Å². The van der Waals surface area contributed by atoms with E-state index in [1.54, 1.807) is 18.2 Å². The van der Waals surface area contributed by atoms with Gasteiger partial charge in [-0.05, 0) is 43.9 Å². The van der Waals surface area contributed by atoms with E-state index in [1.165, 1.54) is 18.9 Å². The molecule has 27 heavy (non-hydrogen) atoms. The highest BCUT2D eigenvalue weighted by Gasteiger charge is 2.17. The lowest BCUT2D eigenvalue weighted by molar-refractivity contribution is 0.0928. The van der Waals surface area contributed by atoms with Crippen molar-refractivity contribution in [2.75, 3.05) is 11.9 Å². The number of halogens is 1. The SMILES string of the molecule is Cc1cc(C(=O)NC2CCCCCC2)nc(NCCc2ccccc2F)n1. The first-order valence-electron chi connectivity index (χ1n) is 9.75. The second kappa shape index (κ2) is 9.44. The van der Waals surface area contributed by atoms with Crippen molar-refractivity contribution in [3.8, 4) is 0 Å². The highest BCUT2D eigenvalue weighted by Crippen LogP contribution is 2.18. The Labute approximate surface area is 159 Å². The molecule has 1 heterocycles. The van der Waals surface area contributed by atoms with E-state index >= 15 is 0 Å². The number of hydrogen-bond donors (Lipinski definition) is 2. The van der Waals surface area contributed by atoms with Crippen molar-refractivity contribution in [2.45, 2.75) is 57.9 Å². The highest BCUT2D eigenvalue weighted by atomic mass is 19.1. The van der Waals surface area contributed by atoms with E-state index in [9.17, 15) is 9.18 Å². The molecule has 1 aromatic heterocycles. The number of rotatable bonds is 6. The Kier molecular flexibility index (Phi) is 6.74. The summed E-state index contributed by atoms with van der Waals surface area (Å²) in [6.45, 7) is 2.33.